The number of alkyl halides is 3. The number of anilines is 1. The molecular weight excluding hydrogens is 607 g/mol. The lowest BCUT2D eigenvalue weighted by molar-refractivity contribution is -0.138. The molecule has 2 aromatic carbocycles. The van der Waals surface area contributed by atoms with Crippen LogP contribution >= 0.6 is 39.1 Å². The molecular formula is C29H25BrCl2N2O5. The van der Waals surface area contributed by atoms with Crippen molar-refractivity contribution in [3.05, 3.63) is 71.3 Å². The molecule has 0 spiro atoms. The average molecular weight is 632 g/mol. The summed E-state index contributed by atoms with van der Waals surface area (Å²) < 4.78 is 0. The predicted octanol–water partition coefficient (Wildman–Crippen LogP) is 4.87. The number of halogens is 3. The van der Waals surface area contributed by atoms with Crippen molar-refractivity contribution in [3.8, 4) is 5.75 Å². The van der Waals surface area contributed by atoms with E-state index in [-0.39, 0.29) is 29.4 Å². The minimum Gasteiger partial charge on any atom is -0.508 e. The zero-order valence-electron chi connectivity index (χ0n) is 20.9. The Bertz CT molecular complexity index is 1440. The predicted molar refractivity (Wildman–Crippen MR) is 150 cm³/mol. The second-order valence-corrected chi connectivity index (χ2v) is 12.4. The van der Waals surface area contributed by atoms with E-state index in [1.165, 1.54) is 17.0 Å². The van der Waals surface area contributed by atoms with Gasteiger partial charge in [-0.3, -0.25) is 29.0 Å². The molecule has 4 aliphatic rings. The Morgan fingerprint density at radius 2 is 1.62 bits per heavy atom. The van der Waals surface area contributed by atoms with Gasteiger partial charge in [-0.15, -0.1) is 23.2 Å². The maximum Gasteiger partial charge on any atom is 0.254 e. The van der Waals surface area contributed by atoms with Gasteiger partial charge in [0.25, 0.3) is 11.8 Å². The number of phenols is 1. The van der Waals surface area contributed by atoms with Crippen LogP contribution in [-0.4, -0.2) is 48.8 Å². The third-order valence-corrected chi connectivity index (χ3v) is 10.8. The summed E-state index contributed by atoms with van der Waals surface area (Å²) in [5.74, 6) is -4.64. The zero-order chi connectivity index (χ0) is 27.9. The van der Waals surface area contributed by atoms with Crippen molar-refractivity contribution in [3.63, 3.8) is 0 Å². The molecule has 0 radical (unpaired) electrons. The molecule has 4 amide bonds. The number of imide groups is 2. The molecule has 0 aromatic heterocycles. The lowest BCUT2D eigenvalue weighted by Crippen LogP contribution is -2.60. The van der Waals surface area contributed by atoms with Gasteiger partial charge in [0.2, 0.25) is 11.8 Å². The van der Waals surface area contributed by atoms with Gasteiger partial charge in [0.15, 0.2) is 9.75 Å². The van der Waals surface area contributed by atoms with Gasteiger partial charge in [-0.2, -0.15) is 0 Å². The first-order valence-corrected chi connectivity index (χ1v) is 14.7. The van der Waals surface area contributed by atoms with Crippen molar-refractivity contribution in [2.45, 2.75) is 41.9 Å². The molecule has 0 unspecified atom stereocenters. The lowest BCUT2D eigenvalue weighted by atomic mass is 9.56. The molecule has 2 aromatic rings. The van der Waals surface area contributed by atoms with Crippen LogP contribution in [-0.2, 0) is 25.6 Å². The highest BCUT2D eigenvalue weighted by molar-refractivity contribution is 9.09. The quantitative estimate of drug-likeness (QED) is 0.225. The lowest BCUT2D eigenvalue weighted by Gasteiger charge is -2.50. The molecule has 6 rings (SSSR count). The molecule has 0 bridgehead atoms. The molecule has 2 aliphatic heterocycles. The van der Waals surface area contributed by atoms with Gasteiger partial charge in [-0.05, 0) is 60.6 Å². The minimum absolute atomic E-state index is 0.0294. The van der Waals surface area contributed by atoms with E-state index in [1.54, 1.807) is 24.3 Å². The molecule has 1 N–H and O–H groups in total. The number of carbonyl (C=O) groups excluding carboxylic acids is 4. The SMILES string of the molecule is CCc1ccc(N2C(=O)[C@H]3[C@H](CC=C4[C@H]3C[C@@]3(Cl)C(=O)N(CBr)C(=O)[C@@]3(Cl)[C@H]4c3ccc(O)cc3)C2=O)cc1. The number of amides is 4. The Labute approximate surface area is 243 Å². The van der Waals surface area contributed by atoms with E-state index in [2.05, 4.69) is 15.9 Å². The summed E-state index contributed by atoms with van der Waals surface area (Å²) in [6, 6.07) is 13.6. The molecule has 6 atom stereocenters. The van der Waals surface area contributed by atoms with Gasteiger partial charge < -0.3 is 5.11 Å². The molecule has 2 heterocycles. The highest BCUT2D eigenvalue weighted by Gasteiger charge is 2.76. The standard InChI is InChI=1S/C29H25BrCl2N2O5/c1-2-15-3-7-17(8-4-15)34-24(36)20-12-11-19-21(22(20)25(34)37)13-28(31)26(38)33(14-30)27(39)29(28,32)23(19)16-5-9-18(35)10-6-16/h3-11,20-23,35H,2,12-14H2,1H3/t20-,21+,22-,23-,28+,29-/m0/s1. The van der Waals surface area contributed by atoms with Crippen molar-refractivity contribution in [1.82, 2.24) is 4.90 Å². The molecule has 1 saturated carbocycles. The molecule has 10 heteroatoms. The minimum atomic E-state index is -1.85. The monoisotopic (exact) mass is 630 g/mol. The van der Waals surface area contributed by atoms with E-state index < -0.39 is 45.2 Å². The number of nitrogens with zero attached hydrogens (tertiary/aromatic N) is 2. The highest BCUT2D eigenvalue weighted by atomic mass is 79.9. The van der Waals surface area contributed by atoms with Crippen molar-refractivity contribution in [2.75, 3.05) is 10.4 Å². The van der Waals surface area contributed by atoms with Crippen LogP contribution in [0.5, 0.6) is 5.75 Å². The molecule has 3 fully saturated rings. The average Bonchev–Trinajstić information content (AvgIpc) is 3.27. The van der Waals surface area contributed by atoms with Crippen molar-refractivity contribution >= 4 is 68.4 Å². The summed E-state index contributed by atoms with van der Waals surface area (Å²) in [7, 11) is 0. The number of aromatic hydroxyl groups is 1. The summed E-state index contributed by atoms with van der Waals surface area (Å²) in [4.78, 5) is 53.5. The molecule has 202 valence electrons. The van der Waals surface area contributed by atoms with Crippen LogP contribution in [0.25, 0.3) is 0 Å². The Hall–Kier alpha value is -2.68. The fraction of sp³-hybridized carbons (Fsp3) is 0.379. The molecule has 7 nitrogen and oxygen atoms in total. The fourth-order valence-electron chi connectivity index (χ4n) is 6.93. The topological polar surface area (TPSA) is 95.0 Å². The van der Waals surface area contributed by atoms with E-state index in [4.69, 9.17) is 23.2 Å². The van der Waals surface area contributed by atoms with Crippen molar-refractivity contribution < 1.29 is 24.3 Å². The van der Waals surface area contributed by atoms with E-state index in [1.807, 2.05) is 25.1 Å². The van der Waals surface area contributed by atoms with Crippen molar-refractivity contribution in [1.29, 1.82) is 0 Å². The van der Waals surface area contributed by atoms with Crippen LogP contribution in [0.1, 0.15) is 36.8 Å². The molecule has 2 aliphatic carbocycles. The Morgan fingerprint density at radius 3 is 2.23 bits per heavy atom. The summed E-state index contributed by atoms with van der Waals surface area (Å²) in [5, 5.41) is 9.92. The Balaban J connectivity index is 1.49. The number of phenolic OH excluding ortho intramolecular Hbond substituents is 1. The van der Waals surface area contributed by atoms with Crippen LogP contribution in [0.4, 0.5) is 5.69 Å². The first-order valence-electron chi connectivity index (χ1n) is 12.8. The van der Waals surface area contributed by atoms with Crippen molar-refractivity contribution in [2.24, 2.45) is 17.8 Å². The number of rotatable bonds is 4. The maximum atomic E-state index is 14.0. The normalized spacial score (nSPS) is 33.7. The summed E-state index contributed by atoms with van der Waals surface area (Å²) in [6.45, 7) is 2.03. The Kier molecular flexibility index (Phi) is 6.25. The van der Waals surface area contributed by atoms with E-state index in [9.17, 15) is 24.3 Å². The number of allylic oxidation sites excluding steroid dienone is 2. The van der Waals surface area contributed by atoms with Crippen LogP contribution in [0, 0.1) is 17.8 Å². The second-order valence-electron chi connectivity index (χ2n) is 10.6. The highest BCUT2D eigenvalue weighted by Crippen LogP contribution is 2.65. The third kappa shape index (κ3) is 3.47. The summed E-state index contributed by atoms with van der Waals surface area (Å²) >= 11 is 17.6. The van der Waals surface area contributed by atoms with Gasteiger partial charge in [0.05, 0.1) is 23.0 Å². The number of carbonyl (C=O) groups is 4. The first kappa shape index (κ1) is 26.5. The third-order valence-electron chi connectivity index (χ3n) is 8.84. The molecule has 2 saturated heterocycles. The number of aryl methyl sites for hydroxylation is 1. The van der Waals surface area contributed by atoms with Gasteiger partial charge in [0.1, 0.15) is 5.75 Å². The van der Waals surface area contributed by atoms with Gasteiger partial charge >= 0.3 is 0 Å². The van der Waals surface area contributed by atoms with Crippen LogP contribution in [0.15, 0.2) is 60.2 Å². The van der Waals surface area contributed by atoms with E-state index in [0.29, 0.717) is 17.7 Å². The smallest absolute Gasteiger partial charge is 0.254 e. The fourth-order valence-corrected chi connectivity index (χ4v) is 8.35. The number of benzene rings is 2. The second kappa shape index (κ2) is 9.18. The Morgan fingerprint density at radius 1 is 0.949 bits per heavy atom. The van der Waals surface area contributed by atoms with Gasteiger partial charge in [-0.1, -0.05) is 58.8 Å². The number of likely N-dealkylation sites (tertiary alicyclic amines) is 1. The summed E-state index contributed by atoms with van der Waals surface area (Å²) in [5.41, 5.74) is 2.82. The maximum absolute atomic E-state index is 14.0. The van der Waals surface area contributed by atoms with Gasteiger partial charge in [-0.25, -0.2) is 0 Å². The first-order chi connectivity index (χ1) is 18.6. The summed E-state index contributed by atoms with van der Waals surface area (Å²) in [6.07, 6.45) is 2.96. The number of hydrogen-bond donors (Lipinski definition) is 1. The van der Waals surface area contributed by atoms with Crippen LogP contribution in [0.2, 0.25) is 0 Å². The number of fused-ring (bicyclic) bond motifs is 4. The zero-order valence-corrected chi connectivity index (χ0v) is 24.0. The largest absolute Gasteiger partial charge is 0.508 e. The van der Waals surface area contributed by atoms with E-state index in [0.717, 1.165) is 22.5 Å². The number of hydrogen-bond acceptors (Lipinski definition) is 5. The van der Waals surface area contributed by atoms with Gasteiger partial charge in [0, 0.05) is 5.92 Å². The van der Waals surface area contributed by atoms with E-state index >= 15 is 0 Å². The van der Waals surface area contributed by atoms with Crippen LogP contribution < -0.4 is 4.90 Å². The molecule has 39 heavy (non-hydrogen) atoms. The van der Waals surface area contributed by atoms with Crippen LogP contribution in [0.3, 0.4) is 0 Å².